The Morgan fingerprint density at radius 3 is 2.63 bits per heavy atom. The third kappa shape index (κ3) is 4.32. The highest BCUT2D eigenvalue weighted by molar-refractivity contribution is 5.92. The first kappa shape index (κ1) is 18.6. The van der Waals surface area contributed by atoms with Gasteiger partial charge in [0.2, 0.25) is 5.91 Å². The van der Waals surface area contributed by atoms with E-state index in [-0.39, 0.29) is 24.0 Å². The number of likely N-dealkylation sites (N-methyl/N-ethyl adjacent to an activating group) is 1. The number of nitrogens with zero attached hydrogens (tertiary/aromatic N) is 1. The molecule has 140 valence electrons. The van der Waals surface area contributed by atoms with Gasteiger partial charge in [0.15, 0.2) is 0 Å². The van der Waals surface area contributed by atoms with E-state index in [9.17, 15) is 19.1 Å². The molecule has 0 atom stereocenters. The highest BCUT2D eigenvalue weighted by Crippen LogP contribution is 2.27. The zero-order valence-corrected chi connectivity index (χ0v) is 15.0. The SMILES string of the molecule is Cc1c(O)ccc2c(CN(C)CC(=O)Nc3ccc(F)cc3)cc(=O)oc12. The van der Waals surface area contributed by atoms with Crippen molar-refractivity contribution in [3.05, 3.63) is 69.8 Å². The number of phenols is 1. The fourth-order valence-corrected chi connectivity index (χ4v) is 2.87. The third-order valence-electron chi connectivity index (χ3n) is 4.20. The fourth-order valence-electron chi connectivity index (χ4n) is 2.87. The highest BCUT2D eigenvalue weighted by atomic mass is 19.1. The van der Waals surface area contributed by atoms with Crippen LogP contribution in [-0.4, -0.2) is 29.5 Å². The summed E-state index contributed by atoms with van der Waals surface area (Å²) in [7, 11) is 1.75. The number of benzene rings is 2. The quantitative estimate of drug-likeness (QED) is 0.675. The van der Waals surface area contributed by atoms with Gasteiger partial charge in [0, 0.05) is 29.2 Å². The number of rotatable bonds is 5. The minimum atomic E-state index is -0.518. The summed E-state index contributed by atoms with van der Waals surface area (Å²) in [5.41, 5.74) is 1.51. The van der Waals surface area contributed by atoms with Crippen LogP contribution in [0.1, 0.15) is 11.1 Å². The van der Waals surface area contributed by atoms with Crippen molar-refractivity contribution in [2.24, 2.45) is 0 Å². The number of halogens is 1. The van der Waals surface area contributed by atoms with Crippen molar-refractivity contribution in [3.63, 3.8) is 0 Å². The zero-order chi connectivity index (χ0) is 19.6. The standard InChI is InChI=1S/C20H19FN2O4/c1-12-17(24)8-7-16-13(9-19(26)27-20(12)16)10-23(2)11-18(25)22-15-5-3-14(21)4-6-15/h3-9,24H,10-11H2,1-2H3,(H,22,25). The number of fused-ring (bicyclic) bond motifs is 1. The number of phenolic OH excluding ortho intramolecular Hbond substituents is 1. The van der Waals surface area contributed by atoms with Crippen LogP contribution in [-0.2, 0) is 11.3 Å². The number of hydrogen-bond acceptors (Lipinski definition) is 5. The molecule has 7 heteroatoms. The van der Waals surface area contributed by atoms with E-state index in [1.54, 1.807) is 31.0 Å². The monoisotopic (exact) mass is 370 g/mol. The van der Waals surface area contributed by atoms with Gasteiger partial charge in [0.1, 0.15) is 17.1 Å². The van der Waals surface area contributed by atoms with Gasteiger partial charge in [-0.2, -0.15) is 0 Å². The average molecular weight is 370 g/mol. The number of carbonyl (C=O) groups excluding carboxylic acids is 1. The number of aryl methyl sites for hydroxylation is 1. The summed E-state index contributed by atoms with van der Waals surface area (Å²) in [6.07, 6.45) is 0. The molecule has 0 aliphatic carbocycles. The van der Waals surface area contributed by atoms with E-state index in [1.165, 1.54) is 30.3 Å². The van der Waals surface area contributed by atoms with Gasteiger partial charge >= 0.3 is 5.63 Å². The molecule has 0 unspecified atom stereocenters. The Balaban J connectivity index is 1.75. The maximum Gasteiger partial charge on any atom is 0.336 e. The lowest BCUT2D eigenvalue weighted by molar-refractivity contribution is -0.117. The number of nitrogens with one attached hydrogen (secondary N) is 1. The first-order chi connectivity index (χ1) is 12.8. The van der Waals surface area contributed by atoms with Crippen LogP contribution in [0.5, 0.6) is 5.75 Å². The molecule has 6 nitrogen and oxygen atoms in total. The molecule has 0 radical (unpaired) electrons. The summed E-state index contributed by atoms with van der Waals surface area (Å²) in [5.74, 6) is -0.582. The lowest BCUT2D eigenvalue weighted by Gasteiger charge is -2.17. The second-order valence-electron chi connectivity index (χ2n) is 6.40. The third-order valence-corrected chi connectivity index (χ3v) is 4.20. The predicted molar refractivity (Wildman–Crippen MR) is 100 cm³/mol. The Morgan fingerprint density at radius 1 is 1.22 bits per heavy atom. The smallest absolute Gasteiger partial charge is 0.336 e. The van der Waals surface area contributed by atoms with Gasteiger partial charge in [0.25, 0.3) is 0 Å². The van der Waals surface area contributed by atoms with E-state index in [4.69, 9.17) is 4.42 Å². The molecule has 0 saturated carbocycles. The summed E-state index contributed by atoms with van der Waals surface area (Å²) < 4.78 is 18.1. The fraction of sp³-hybridized carbons (Fsp3) is 0.200. The van der Waals surface area contributed by atoms with E-state index in [0.717, 1.165) is 0 Å². The Bertz CT molecular complexity index is 1040. The van der Waals surface area contributed by atoms with Crippen LogP contribution in [0.4, 0.5) is 10.1 Å². The van der Waals surface area contributed by atoms with Gasteiger partial charge in [-0.1, -0.05) is 0 Å². The summed E-state index contributed by atoms with van der Waals surface area (Å²) in [6.45, 7) is 2.09. The molecule has 3 rings (SSSR count). The van der Waals surface area contributed by atoms with Crippen molar-refractivity contribution in [3.8, 4) is 5.75 Å². The second kappa shape index (κ2) is 7.59. The van der Waals surface area contributed by atoms with Gasteiger partial charge in [-0.25, -0.2) is 9.18 Å². The summed E-state index contributed by atoms with van der Waals surface area (Å²) in [6, 6.07) is 10.1. The minimum Gasteiger partial charge on any atom is -0.508 e. The summed E-state index contributed by atoms with van der Waals surface area (Å²) in [4.78, 5) is 25.8. The maximum atomic E-state index is 12.9. The van der Waals surface area contributed by atoms with Crippen molar-refractivity contribution in [2.75, 3.05) is 18.9 Å². The van der Waals surface area contributed by atoms with Crippen molar-refractivity contribution in [2.45, 2.75) is 13.5 Å². The first-order valence-electron chi connectivity index (χ1n) is 8.33. The normalized spacial score (nSPS) is 11.1. The molecular formula is C20H19FN2O4. The highest BCUT2D eigenvalue weighted by Gasteiger charge is 2.14. The van der Waals surface area contributed by atoms with Crippen molar-refractivity contribution in [1.29, 1.82) is 0 Å². The van der Waals surface area contributed by atoms with Crippen LogP contribution < -0.4 is 10.9 Å². The van der Waals surface area contributed by atoms with E-state index in [0.29, 0.717) is 34.3 Å². The molecule has 1 amide bonds. The van der Waals surface area contributed by atoms with E-state index >= 15 is 0 Å². The van der Waals surface area contributed by atoms with Crippen LogP contribution in [0.2, 0.25) is 0 Å². The number of amides is 1. The molecule has 27 heavy (non-hydrogen) atoms. The van der Waals surface area contributed by atoms with Gasteiger partial charge in [-0.15, -0.1) is 0 Å². The van der Waals surface area contributed by atoms with Crippen molar-refractivity contribution in [1.82, 2.24) is 4.90 Å². The predicted octanol–water partition coefficient (Wildman–Crippen LogP) is 3.02. The number of aromatic hydroxyl groups is 1. The zero-order valence-electron chi connectivity index (χ0n) is 15.0. The molecule has 0 aliphatic rings. The van der Waals surface area contributed by atoms with Gasteiger partial charge in [-0.05, 0) is 55.9 Å². The molecule has 0 saturated heterocycles. The first-order valence-corrected chi connectivity index (χ1v) is 8.33. The van der Waals surface area contributed by atoms with E-state index in [2.05, 4.69) is 5.32 Å². The Labute approximate surface area is 154 Å². The molecule has 1 heterocycles. The van der Waals surface area contributed by atoms with Crippen LogP contribution in [0.25, 0.3) is 11.0 Å². The molecule has 0 spiro atoms. The molecule has 0 aliphatic heterocycles. The van der Waals surface area contributed by atoms with Crippen LogP contribution >= 0.6 is 0 Å². The Hall–Kier alpha value is -3.19. The minimum absolute atomic E-state index is 0.0508. The topological polar surface area (TPSA) is 82.8 Å². The van der Waals surface area contributed by atoms with Crippen molar-refractivity contribution < 1.29 is 18.7 Å². The largest absolute Gasteiger partial charge is 0.508 e. The summed E-state index contributed by atoms with van der Waals surface area (Å²) >= 11 is 0. The van der Waals surface area contributed by atoms with Crippen molar-refractivity contribution >= 4 is 22.6 Å². The molecule has 1 aromatic heterocycles. The number of hydrogen-bond donors (Lipinski definition) is 2. The number of carbonyl (C=O) groups is 1. The molecule has 0 fully saturated rings. The van der Waals surface area contributed by atoms with Gasteiger partial charge in [-0.3, -0.25) is 9.69 Å². The lowest BCUT2D eigenvalue weighted by atomic mass is 10.1. The van der Waals surface area contributed by atoms with Crippen LogP contribution in [0, 0.1) is 12.7 Å². The Kier molecular flexibility index (Phi) is 5.23. The van der Waals surface area contributed by atoms with E-state index < -0.39 is 5.63 Å². The maximum absolute atomic E-state index is 12.9. The molecule has 2 aromatic carbocycles. The molecule has 0 bridgehead atoms. The molecule has 3 aromatic rings. The van der Waals surface area contributed by atoms with E-state index in [1.807, 2.05) is 0 Å². The Morgan fingerprint density at radius 2 is 1.93 bits per heavy atom. The van der Waals surface area contributed by atoms with Crippen LogP contribution in [0.15, 0.2) is 51.7 Å². The van der Waals surface area contributed by atoms with Gasteiger partial charge in [0.05, 0.1) is 6.54 Å². The second-order valence-corrected chi connectivity index (χ2v) is 6.40. The molecular weight excluding hydrogens is 351 g/mol. The van der Waals surface area contributed by atoms with Gasteiger partial charge < -0.3 is 14.8 Å². The number of anilines is 1. The molecule has 2 N–H and O–H groups in total. The lowest BCUT2D eigenvalue weighted by Crippen LogP contribution is -2.30. The summed E-state index contributed by atoms with van der Waals surface area (Å²) in [5, 5.41) is 13.2. The average Bonchev–Trinajstić information content (AvgIpc) is 2.60. The van der Waals surface area contributed by atoms with Crippen LogP contribution in [0.3, 0.4) is 0 Å².